The number of aromatic nitrogens is 1. The molecule has 0 aliphatic carbocycles. The lowest BCUT2D eigenvalue weighted by atomic mass is 10.0. The molecule has 0 atom stereocenters. The topological polar surface area (TPSA) is 39.0 Å². The van der Waals surface area contributed by atoms with E-state index in [1.165, 1.54) is 5.56 Å². The lowest BCUT2D eigenvalue weighted by Gasteiger charge is -2.14. The third-order valence-electron chi connectivity index (χ3n) is 2.00. The molecule has 0 bridgehead atoms. The summed E-state index contributed by atoms with van der Waals surface area (Å²) in [6.07, 6.45) is 4.24. The number of pyridine rings is 1. The molecule has 0 radical (unpaired) electrons. The van der Waals surface area contributed by atoms with E-state index < -0.39 is 0 Å². The molecule has 11 heavy (non-hydrogen) atoms. The molecular weight excluding hydrogens is 140 g/mol. The first-order valence-electron chi connectivity index (χ1n) is 3.77. The summed E-state index contributed by atoms with van der Waals surface area (Å²) < 4.78 is 0.853. The van der Waals surface area contributed by atoms with Crippen molar-refractivity contribution in [3.63, 3.8) is 0 Å². The molecule has 0 amide bonds. The minimum Gasteiger partial charge on any atom is -0.619 e. The first kappa shape index (κ1) is 6.61. The average Bonchev–Trinajstić information content (AvgIpc) is 2.04. The van der Waals surface area contributed by atoms with E-state index >= 15 is 0 Å². The zero-order valence-electron chi connectivity index (χ0n) is 6.21. The van der Waals surface area contributed by atoms with Gasteiger partial charge in [-0.1, -0.05) is 0 Å². The van der Waals surface area contributed by atoms with Gasteiger partial charge in [0.15, 0.2) is 12.4 Å². The monoisotopic (exact) mass is 150 g/mol. The summed E-state index contributed by atoms with van der Waals surface area (Å²) in [6.45, 7) is 1.86. The number of nitrogens with zero attached hydrogens (tertiary/aromatic N) is 1. The van der Waals surface area contributed by atoms with Crippen molar-refractivity contribution in [1.29, 1.82) is 0 Å². The average molecular weight is 150 g/mol. The highest BCUT2D eigenvalue weighted by Gasteiger charge is 2.10. The number of hydrogen-bond donors (Lipinski definition) is 1. The van der Waals surface area contributed by atoms with Crippen molar-refractivity contribution in [3.8, 4) is 0 Å². The van der Waals surface area contributed by atoms with Crippen LogP contribution in [0.1, 0.15) is 11.1 Å². The van der Waals surface area contributed by atoms with Crippen LogP contribution in [0.25, 0.3) is 0 Å². The molecule has 0 unspecified atom stereocenters. The van der Waals surface area contributed by atoms with E-state index in [1.807, 2.05) is 6.07 Å². The van der Waals surface area contributed by atoms with Gasteiger partial charge in [0.05, 0.1) is 0 Å². The second kappa shape index (κ2) is 2.51. The molecule has 2 rings (SSSR count). The van der Waals surface area contributed by atoms with Crippen LogP contribution < -0.4 is 10.0 Å². The number of hydrogen-bond acceptors (Lipinski definition) is 2. The van der Waals surface area contributed by atoms with Gasteiger partial charge >= 0.3 is 0 Å². The largest absolute Gasteiger partial charge is 0.619 e. The fourth-order valence-electron chi connectivity index (χ4n) is 1.40. The predicted octanol–water partition coefficient (Wildman–Crippen LogP) is -0.0343. The highest BCUT2D eigenvalue weighted by atomic mass is 16.5. The Balaban J connectivity index is 2.43. The van der Waals surface area contributed by atoms with Crippen LogP contribution in [-0.4, -0.2) is 6.54 Å². The molecule has 0 spiro atoms. The molecule has 0 saturated heterocycles. The zero-order chi connectivity index (χ0) is 7.68. The Bertz CT molecular complexity index is 273. The van der Waals surface area contributed by atoms with Gasteiger partial charge in [-0.15, -0.1) is 0 Å². The molecule has 0 aromatic carbocycles. The molecule has 1 aliphatic rings. The van der Waals surface area contributed by atoms with Crippen LogP contribution in [0.4, 0.5) is 0 Å². The molecule has 1 aromatic heterocycles. The predicted molar refractivity (Wildman–Crippen MR) is 40.8 cm³/mol. The van der Waals surface area contributed by atoms with Gasteiger partial charge in [-0.3, -0.25) is 0 Å². The Morgan fingerprint density at radius 3 is 3.27 bits per heavy atom. The first-order valence-corrected chi connectivity index (χ1v) is 3.77. The van der Waals surface area contributed by atoms with Gasteiger partial charge in [0, 0.05) is 18.2 Å². The van der Waals surface area contributed by atoms with Crippen molar-refractivity contribution in [3.05, 3.63) is 34.8 Å². The Labute approximate surface area is 65.2 Å². The number of nitrogens with one attached hydrogen (secondary N) is 1. The number of rotatable bonds is 0. The van der Waals surface area contributed by atoms with Gasteiger partial charge in [-0.2, -0.15) is 4.73 Å². The van der Waals surface area contributed by atoms with Gasteiger partial charge in [0.2, 0.25) is 0 Å². The second-order valence-corrected chi connectivity index (χ2v) is 2.78. The summed E-state index contributed by atoms with van der Waals surface area (Å²) in [5.41, 5.74) is 2.43. The van der Waals surface area contributed by atoms with E-state index in [-0.39, 0.29) is 0 Å². The van der Waals surface area contributed by atoms with Gasteiger partial charge in [-0.25, -0.2) is 0 Å². The molecular formula is C8H10N2O. The summed E-state index contributed by atoms with van der Waals surface area (Å²) in [6, 6.07) is 1.91. The van der Waals surface area contributed by atoms with E-state index in [0.717, 1.165) is 29.8 Å². The first-order chi connectivity index (χ1) is 5.36. The third kappa shape index (κ3) is 1.19. The van der Waals surface area contributed by atoms with Crippen molar-refractivity contribution in [2.24, 2.45) is 0 Å². The Kier molecular flexibility index (Phi) is 1.51. The normalized spacial score (nSPS) is 16.0. The summed E-state index contributed by atoms with van der Waals surface area (Å²) in [4.78, 5) is 0. The van der Waals surface area contributed by atoms with E-state index in [2.05, 4.69) is 5.32 Å². The van der Waals surface area contributed by atoms with Crippen molar-refractivity contribution >= 4 is 0 Å². The maximum atomic E-state index is 10.8. The van der Waals surface area contributed by atoms with Gasteiger partial charge in [0.1, 0.15) is 0 Å². The van der Waals surface area contributed by atoms with E-state index in [9.17, 15) is 5.21 Å². The van der Waals surface area contributed by atoms with Crippen LogP contribution >= 0.6 is 0 Å². The molecule has 3 heteroatoms. The second-order valence-electron chi connectivity index (χ2n) is 2.78. The van der Waals surface area contributed by atoms with Crippen LogP contribution in [0, 0.1) is 5.21 Å². The lowest BCUT2D eigenvalue weighted by Crippen LogP contribution is -2.31. The third-order valence-corrected chi connectivity index (χ3v) is 2.00. The number of fused-ring (bicyclic) bond motifs is 1. The van der Waals surface area contributed by atoms with Crippen LogP contribution in [0.2, 0.25) is 0 Å². The Hall–Kier alpha value is -1.09. The quantitative estimate of drug-likeness (QED) is 0.416. The summed E-state index contributed by atoms with van der Waals surface area (Å²) in [5, 5.41) is 14.0. The van der Waals surface area contributed by atoms with Crippen LogP contribution in [0.3, 0.4) is 0 Å². The van der Waals surface area contributed by atoms with Gasteiger partial charge in [-0.05, 0) is 18.5 Å². The van der Waals surface area contributed by atoms with Crippen molar-refractivity contribution < 1.29 is 4.73 Å². The fourth-order valence-corrected chi connectivity index (χ4v) is 1.40. The molecule has 3 nitrogen and oxygen atoms in total. The smallest absolute Gasteiger partial charge is 0.185 e. The molecule has 1 N–H and O–H groups in total. The van der Waals surface area contributed by atoms with Crippen molar-refractivity contribution in [2.75, 3.05) is 6.54 Å². The van der Waals surface area contributed by atoms with Crippen LogP contribution in [0.15, 0.2) is 18.5 Å². The molecule has 0 fully saturated rings. The molecule has 58 valence electrons. The standard InChI is InChI=1S/C8H10N2O/c11-10-4-2-7-1-3-9-5-8(7)6-10/h2,4,6,9H,1,3,5H2. The van der Waals surface area contributed by atoms with E-state index in [0.29, 0.717) is 0 Å². The molecule has 0 saturated carbocycles. The van der Waals surface area contributed by atoms with Gasteiger partial charge < -0.3 is 10.5 Å². The summed E-state index contributed by atoms with van der Waals surface area (Å²) in [7, 11) is 0. The van der Waals surface area contributed by atoms with Crippen molar-refractivity contribution in [1.82, 2.24) is 5.32 Å². The highest BCUT2D eigenvalue weighted by Crippen LogP contribution is 2.09. The maximum Gasteiger partial charge on any atom is 0.185 e. The molecule has 2 heterocycles. The van der Waals surface area contributed by atoms with E-state index in [4.69, 9.17) is 0 Å². The van der Waals surface area contributed by atoms with E-state index in [1.54, 1.807) is 12.4 Å². The molecule has 1 aliphatic heterocycles. The zero-order valence-corrected chi connectivity index (χ0v) is 6.21. The summed E-state index contributed by atoms with van der Waals surface area (Å²) >= 11 is 0. The maximum absolute atomic E-state index is 10.8. The van der Waals surface area contributed by atoms with Gasteiger partial charge in [0.25, 0.3) is 0 Å². The highest BCUT2D eigenvalue weighted by molar-refractivity contribution is 5.23. The Morgan fingerprint density at radius 2 is 2.36 bits per heavy atom. The van der Waals surface area contributed by atoms with Crippen molar-refractivity contribution in [2.45, 2.75) is 13.0 Å². The summed E-state index contributed by atoms with van der Waals surface area (Å²) in [5.74, 6) is 0. The minimum absolute atomic E-state index is 0.832. The lowest BCUT2D eigenvalue weighted by molar-refractivity contribution is -0.606. The molecule has 1 aromatic rings. The van der Waals surface area contributed by atoms with Crippen LogP contribution in [0.5, 0.6) is 0 Å². The Morgan fingerprint density at radius 1 is 1.45 bits per heavy atom. The SMILES string of the molecule is [O-][n+]1ccc2c(c1)CNCC2. The minimum atomic E-state index is 0.832. The fraction of sp³-hybridized carbons (Fsp3) is 0.375. The van der Waals surface area contributed by atoms with Crippen LogP contribution in [-0.2, 0) is 13.0 Å².